The smallest absolute Gasteiger partial charge is 0.341 e. The number of hydrogen-bond donors (Lipinski definition) is 0. The highest BCUT2D eigenvalue weighted by Gasteiger charge is 2.18. The molecule has 0 atom stereocenters. The van der Waals surface area contributed by atoms with Crippen molar-refractivity contribution in [2.75, 3.05) is 24.6 Å². The molecule has 5 heteroatoms. The maximum Gasteiger partial charge on any atom is 0.341 e. The molecule has 5 nitrogen and oxygen atoms in total. The Kier molecular flexibility index (Phi) is 4.71. The summed E-state index contributed by atoms with van der Waals surface area (Å²) in [6.45, 7) is 6.16. The first-order valence-electron chi connectivity index (χ1n) is 7.04. The fourth-order valence-electron chi connectivity index (χ4n) is 2.30. The molecular weight excluding hydrogens is 242 g/mol. The minimum absolute atomic E-state index is 0.329. The van der Waals surface area contributed by atoms with Gasteiger partial charge in [0.1, 0.15) is 0 Å². The first-order chi connectivity index (χ1) is 9.26. The van der Waals surface area contributed by atoms with Gasteiger partial charge in [-0.05, 0) is 32.6 Å². The van der Waals surface area contributed by atoms with Gasteiger partial charge in [-0.25, -0.2) is 14.8 Å². The minimum Gasteiger partial charge on any atom is -0.462 e. The molecule has 1 aromatic rings. The van der Waals surface area contributed by atoms with E-state index in [2.05, 4.69) is 14.9 Å². The van der Waals surface area contributed by atoms with E-state index in [0.29, 0.717) is 18.6 Å². The van der Waals surface area contributed by atoms with Gasteiger partial charge in [-0.15, -0.1) is 0 Å². The van der Waals surface area contributed by atoms with Crippen LogP contribution in [0.4, 0.5) is 5.95 Å². The summed E-state index contributed by atoms with van der Waals surface area (Å²) in [5.74, 6) is 0.411. The van der Waals surface area contributed by atoms with Crippen LogP contribution in [-0.2, 0) is 11.2 Å². The number of aryl methyl sites for hydroxylation is 1. The third kappa shape index (κ3) is 3.22. The van der Waals surface area contributed by atoms with E-state index in [0.717, 1.165) is 24.7 Å². The van der Waals surface area contributed by atoms with Crippen LogP contribution < -0.4 is 4.90 Å². The predicted octanol–water partition coefficient (Wildman–Crippen LogP) is 2.21. The Morgan fingerprint density at radius 1 is 1.32 bits per heavy atom. The summed E-state index contributed by atoms with van der Waals surface area (Å²) < 4.78 is 5.02. The average Bonchev–Trinajstić information content (AvgIpc) is 2.47. The fraction of sp³-hybridized carbons (Fsp3) is 0.643. The molecule has 0 aromatic carbocycles. The third-order valence-electron chi connectivity index (χ3n) is 3.32. The van der Waals surface area contributed by atoms with Gasteiger partial charge in [-0.1, -0.05) is 6.92 Å². The zero-order chi connectivity index (χ0) is 13.7. The van der Waals surface area contributed by atoms with E-state index in [-0.39, 0.29) is 5.97 Å². The molecule has 1 aromatic heterocycles. The number of ether oxygens (including phenoxy) is 1. The lowest BCUT2D eigenvalue weighted by molar-refractivity contribution is 0.0524. The van der Waals surface area contributed by atoms with Gasteiger partial charge in [0, 0.05) is 19.3 Å². The maximum atomic E-state index is 11.8. The summed E-state index contributed by atoms with van der Waals surface area (Å²) in [6.07, 6.45) is 5.96. The number of carbonyl (C=O) groups is 1. The van der Waals surface area contributed by atoms with Gasteiger partial charge < -0.3 is 9.64 Å². The van der Waals surface area contributed by atoms with Crippen molar-refractivity contribution in [3.05, 3.63) is 17.5 Å². The normalized spacial score (nSPS) is 15.4. The molecule has 0 amide bonds. The molecule has 2 heterocycles. The van der Waals surface area contributed by atoms with Crippen molar-refractivity contribution >= 4 is 11.9 Å². The number of hydrogen-bond acceptors (Lipinski definition) is 5. The lowest BCUT2D eigenvalue weighted by Crippen LogP contribution is -2.31. The molecule has 1 aliphatic rings. The summed E-state index contributed by atoms with van der Waals surface area (Å²) in [5.41, 5.74) is 1.26. The van der Waals surface area contributed by atoms with E-state index >= 15 is 0 Å². The molecule has 0 radical (unpaired) electrons. The van der Waals surface area contributed by atoms with Crippen LogP contribution in [0.1, 0.15) is 49.2 Å². The van der Waals surface area contributed by atoms with Crippen molar-refractivity contribution in [1.29, 1.82) is 0 Å². The van der Waals surface area contributed by atoms with Crippen LogP contribution in [0.3, 0.4) is 0 Å². The van der Waals surface area contributed by atoms with Gasteiger partial charge in [-0.2, -0.15) is 0 Å². The number of nitrogens with zero attached hydrogens (tertiary/aromatic N) is 3. The van der Waals surface area contributed by atoms with Crippen LogP contribution >= 0.6 is 0 Å². The van der Waals surface area contributed by atoms with Gasteiger partial charge in [0.05, 0.1) is 17.9 Å². The number of rotatable bonds is 4. The molecule has 0 spiro atoms. The molecule has 0 saturated carbocycles. The molecule has 2 rings (SSSR count). The topological polar surface area (TPSA) is 55.3 Å². The van der Waals surface area contributed by atoms with Gasteiger partial charge in [0.15, 0.2) is 0 Å². The highest BCUT2D eigenvalue weighted by Crippen LogP contribution is 2.18. The Morgan fingerprint density at radius 3 is 2.68 bits per heavy atom. The Bertz CT molecular complexity index is 442. The zero-order valence-corrected chi connectivity index (χ0v) is 11.7. The number of esters is 1. The average molecular weight is 263 g/mol. The molecule has 1 saturated heterocycles. The van der Waals surface area contributed by atoms with E-state index in [1.165, 1.54) is 19.3 Å². The molecule has 1 aliphatic heterocycles. The van der Waals surface area contributed by atoms with Crippen LogP contribution in [0.15, 0.2) is 6.20 Å². The molecular formula is C14H21N3O2. The Morgan fingerprint density at radius 2 is 2.05 bits per heavy atom. The van der Waals surface area contributed by atoms with E-state index in [1.54, 1.807) is 13.1 Å². The van der Waals surface area contributed by atoms with Gasteiger partial charge >= 0.3 is 5.97 Å². The molecule has 0 bridgehead atoms. The monoisotopic (exact) mass is 263 g/mol. The number of aromatic nitrogens is 2. The highest BCUT2D eigenvalue weighted by molar-refractivity contribution is 5.90. The van der Waals surface area contributed by atoms with Gasteiger partial charge in [-0.3, -0.25) is 0 Å². The Hall–Kier alpha value is -1.65. The summed E-state index contributed by atoms with van der Waals surface area (Å²) >= 11 is 0. The number of carbonyl (C=O) groups excluding carboxylic acids is 1. The maximum absolute atomic E-state index is 11.8. The van der Waals surface area contributed by atoms with Crippen molar-refractivity contribution < 1.29 is 9.53 Å². The second kappa shape index (κ2) is 6.50. The van der Waals surface area contributed by atoms with Gasteiger partial charge in [0.25, 0.3) is 0 Å². The van der Waals surface area contributed by atoms with E-state index in [9.17, 15) is 4.79 Å². The van der Waals surface area contributed by atoms with E-state index in [1.807, 2.05) is 6.92 Å². The summed E-state index contributed by atoms with van der Waals surface area (Å²) in [6, 6.07) is 0. The van der Waals surface area contributed by atoms with Crippen LogP contribution in [0.2, 0.25) is 0 Å². The first-order valence-corrected chi connectivity index (χ1v) is 7.04. The zero-order valence-electron chi connectivity index (χ0n) is 11.7. The molecule has 104 valence electrons. The summed E-state index contributed by atoms with van der Waals surface area (Å²) in [7, 11) is 0. The Labute approximate surface area is 114 Å². The molecule has 0 unspecified atom stereocenters. The van der Waals surface area contributed by atoms with Gasteiger partial charge in [0.2, 0.25) is 5.95 Å². The molecule has 1 fully saturated rings. The second-order valence-electron chi connectivity index (χ2n) is 4.65. The van der Waals surface area contributed by atoms with Crippen molar-refractivity contribution in [2.45, 2.75) is 39.5 Å². The quantitative estimate of drug-likeness (QED) is 0.779. The number of anilines is 1. The van der Waals surface area contributed by atoms with Crippen LogP contribution in [-0.4, -0.2) is 35.6 Å². The van der Waals surface area contributed by atoms with Crippen molar-refractivity contribution in [1.82, 2.24) is 9.97 Å². The predicted molar refractivity (Wildman–Crippen MR) is 73.4 cm³/mol. The van der Waals surface area contributed by atoms with Crippen molar-refractivity contribution in [2.24, 2.45) is 0 Å². The SMILES string of the molecule is CCOC(=O)c1cnc(N2CCCCC2)nc1CC. The molecule has 0 aliphatic carbocycles. The standard InChI is InChI=1S/C14H21N3O2/c1-3-12-11(13(18)19-4-2)10-15-14(16-12)17-8-6-5-7-9-17/h10H,3-9H2,1-2H3. The van der Waals surface area contributed by atoms with Crippen LogP contribution in [0.25, 0.3) is 0 Å². The fourth-order valence-corrected chi connectivity index (χ4v) is 2.30. The summed E-state index contributed by atoms with van der Waals surface area (Å²) in [5, 5.41) is 0. The molecule has 19 heavy (non-hydrogen) atoms. The first kappa shape index (κ1) is 13.8. The largest absolute Gasteiger partial charge is 0.462 e. The second-order valence-corrected chi connectivity index (χ2v) is 4.65. The number of piperidine rings is 1. The van der Waals surface area contributed by atoms with Crippen LogP contribution in [0, 0.1) is 0 Å². The van der Waals surface area contributed by atoms with Crippen molar-refractivity contribution in [3.63, 3.8) is 0 Å². The highest BCUT2D eigenvalue weighted by atomic mass is 16.5. The van der Waals surface area contributed by atoms with Crippen molar-refractivity contribution in [3.8, 4) is 0 Å². The Balaban J connectivity index is 2.22. The van der Waals surface area contributed by atoms with Crippen LogP contribution in [0.5, 0.6) is 0 Å². The van der Waals surface area contributed by atoms with E-state index < -0.39 is 0 Å². The molecule has 0 N–H and O–H groups in total. The lowest BCUT2D eigenvalue weighted by atomic mass is 10.1. The lowest BCUT2D eigenvalue weighted by Gasteiger charge is -2.27. The summed E-state index contributed by atoms with van der Waals surface area (Å²) in [4.78, 5) is 22.8. The minimum atomic E-state index is -0.329. The third-order valence-corrected chi connectivity index (χ3v) is 3.32. The van der Waals surface area contributed by atoms with E-state index in [4.69, 9.17) is 4.74 Å².